The molecule has 3 rings (SSSR count). The molecule has 1 spiro atoms. The van der Waals surface area contributed by atoms with Crippen molar-refractivity contribution in [1.29, 1.82) is 5.26 Å². The van der Waals surface area contributed by atoms with E-state index in [1.165, 1.54) is 0 Å². The summed E-state index contributed by atoms with van der Waals surface area (Å²) in [4.78, 5) is 14.0. The summed E-state index contributed by atoms with van der Waals surface area (Å²) in [6, 6.07) is 10.7. The van der Waals surface area contributed by atoms with E-state index in [0.717, 1.165) is 29.3 Å². The van der Waals surface area contributed by atoms with Gasteiger partial charge >= 0.3 is 6.09 Å². The van der Waals surface area contributed by atoms with Crippen molar-refractivity contribution in [3.63, 3.8) is 0 Å². The molecule has 1 unspecified atom stereocenters. The highest BCUT2D eigenvalue weighted by atomic mass is 79.9. The number of piperidine rings is 1. The molecule has 1 aromatic carbocycles. The number of carbonyl (C=O) groups excluding carboxylic acids is 1. The maximum absolute atomic E-state index is 12.2. The van der Waals surface area contributed by atoms with Crippen LogP contribution in [0.1, 0.15) is 45.6 Å². The highest BCUT2D eigenvalue weighted by Crippen LogP contribution is 2.69. The van der Waals surface area contributed by atoms with Gasteiger partial charge in [0.1, 0.15) is 5.60 Å². The Morgan fingerprint density at radius 2 is 1.83 bits per heavy atom. The Labute approximate surface area is 151 Å². The van der Waals surface area contributed by atoms with E-state index in [1.54, 1.807) is 4.90 Å². The zero-order valence-electron chi connectivity index (χ0n) is 14.4. The van der Waals surface area contributed by atoms with Gasteiger partial charge in [-0.25, -0.2) is 4.79 Å². The van der Waals surface area contributed by atoms with Crippen molar-refractivity contribution in [2.75, 3.05) is 13.1 Å². The summed E-state index contributed by atoms with van der Waals surface area (Å²) in [6.07, 6.45) is 2.36. The van der Waals surface area contributed by atoms with E-state index in [-0.39, 0.29) is 11.5 Å². The molecule has 0 radical (unpaired) electrons. The molecule has 1 aliphatic carbocycles. The average Bonchev–Trinajstić information content (AvgIpc) is 3.15. The molecule has 1 aromatic rings. The molecule has 24 heavy (non-hydrogen) atoms. The highest BCUT2D eigenvalue weighted by Gasteiger charge is 2.69. The summed E-state index contributed by atoms with van der Waals surface area (Å²) in [7, 11) is 0. The van der Waals surface area contributed by atoms with Crippen LogP contribution >= 0.6 is 15.9 Å². The molecule has 2 fully saturated rings. The molecule has 1 saturated heterocycles. The van der Waals surface area contributed by atoms with Crippen molar-refractivity contribution < 1.29 is 9.53 Å². The van der Waals surface area contributed by atoms with Crippen LogP contribution < -0.4 is 0 Å². The lowest BCUT2D eigenvalue weighted by atomic mass is 9.81. The van der Waals surface area contributed by atoms with E-state index in [1.807, 2.05) is 45.0 Å². The number of amides is 1. The van der Waals surface area contributed by atoms with E-state index >= 15 is 0 Å². The number of carbonyl (C=O) groups is 1. The van der Waals surface area contributed by atoms with Crippen LogP contribution in [0.4, 0.5) is 4.79 Å². The Hall–Kier alpha value is -1.54. The van der Waals surface area contributed by atoms with Crippen molar-refractivity contribution in [1.82, 2.24) is 4.90 Å². The highest BCUT2D eigenvalue weighted by molar-refractivity contribution is 9.10. The monoisotopic (exact) mass is 390 g/mol. The zero-order valence-corrected chi connectivity index (χ0v) is 16.0. The zero-order chi connectivity index (χ0) is 17.6. The van der Waals surface area contributed by atoms with Gasteiger partial charge in [0.05, 0.1) is 11.5 Å². The first-order valence-electron chi connectivity index (χ1n) is 8.37. The number of hydrogen-bond acceptors (Lipinski definition) is 3. The maximum Gasteiger partial charge on any atom is 0.410 e. The SMILES string of the molecule is CC(C)(C)OC(=O)N1CCC2(CC1)CC2(C#N)c1ccc(Br)cc1. The van der Waals surface area contributed by atoms with Gasteiger partial charge in [0.25, 0.3) is 0 Å². The normalized spacial score (nSPS) is 25.2. The largest absolute Gasteiger partial charge is 0.444 e. The van der Waals surface area contributed by atoms with Gasteiger partial charge in [0, 0.05) is 17.6 Å². The molecule has 5 heteroatoms. The summed E-state index contributed by atoms with van der Waals surface area (Å²) in [5, 5.41) is 9.86. The van der Waals surface area contributed by atoms with Crippen LogP contribution in [0.3, 0.4) is 0 Å². The van der Waals surface area contributed by atoms with Crippen LogP contribution in [-0.4, -0.2) is 29.7 Å². The molecular weight excluding hydrogens is 368 g/mol. The Morgan fingerprint density at radius 3 is 2.33 bits per heavy atom. The number of nitriles is 1. The predicted molar refractivity (Wildman–Crippen MR) is 95.5 cm³/mol. The van der Waals surface area contributed by atoms with Gasteiger partial charge in [-0.15, -0.1) is 0 Å². The van der Waals surface area contributed by atoms with Crippen molar-refractivity contribution in [3.8, 4) is 6.07 Å². The molecular formula is C19H23BrN2O2. The second-order valence-corrected chi connectivity index (χ2v) is 8.86. The van der Waals surface area contributed by atoms with Crippen molar-refractivity contribution in [3.05, 3.63) is 34.3 Å². The lowest BCUT2D eigenvalue weighted by Crippen LogP contribution is -2.43. The number of ether oxygens (including phenoxy) is 1. The number of hydrogen-bond donors (Lipinski definition) is 0. The van der Waals surface area contributed by atoms with E-state index in [4.69, 9.17) is 4.74 Å². The maximum atomic E-state index is 12.2. The Balaban J connectivity index is 1.69. The number of rotatable bonds is 1. The summed E-state index contributed by atoms with van der Waals surface area (Å²) in [5.41, 5.74) is 0.237. The molecule has 1 heterocycles. The molecule has 4 nitrogen and oxygen atoms in total. The van der Waals surface area contributed by atoms with Crippen LogP contribution in [0.25, 0.3) is 0 Å². The summed E-state index contributed by atoms with van der Waals surface area (Å²) >= 11 is 3.45. The number of likely N-dealkylation sites (tertiary alicyclic amines) is 1. The molecule has 128 valence electrons. The number of benzene rings is 1. The molecule has 1 atom stereocenters. The van der Waals surface area contributed by atoms with Crippen molar-refractivity contribution in [2.24, 2.45) is 5.41 Å². The van der Waals surface area contributed by atoms with Crippen LogP contribution in [0.5, 0.6) is 0 Å². The third-order valence-electron chi connectivity index (χ3n) is 5.28. The lowest BCUT2D eigenvalue weighted by molar-refractivity contribution is 0.0165. The van der Waals surface area contributed by atoms with Gasteiger partial charge in [-0.3, -0.25) is 0 Å². The van der Waals surface area contributed by atoms with Crippen molar-refractivity contribution >= 4 is 22.0 Å². The van der Waals surface area contributed by atoms with Gasteiger partial charge in [0.2, 0.25) is 0 Å². The van der Waals surface area contributed by atoms with E-state index < -0.39 is 11.0 Å². The van der Waals surface area contributed by atoms with E-state index in [0.29, 0.717) is 13.1 Å². The minimum atomic E-state index is -0.473. The van der Waals surface area contributed by atoms with Gasteiger partial charge in [0.15, 0.2) is 0 Å². The Morgan fingerprint density at radius 1 is 1.25 bits per heavy atom. The quantitative estimate of drug-likeness (QED) is 0.701. The second-order valence-electron chi connectivity index (χ2n) is 7.95. The number of nitrogens with zero attached hydrogens (tertiary/aromatic N) is 2. The molecule has 1 amide bonds. The summed E-state index contributed by atoms with van der Waals surface area (Å²) in [6.45, 7) is 6.96. The number of halogens is 1. The lowest BCUT2D eigenvalue weighted by Gasteiger charge is -2.35. The van der Waals surface area contributed by atoms with E-state index in [2.05, 4.69) is 22.0 Å². The van der Waals surface area contributed by atoms with Crippen molar-refractivity contribution in [2.45, 2.75) is 51.0 Å². The fourth-order valence-corrected chi connectivity index (χ4v) is 4.14. The molecule has 0 aromatic heterocycles. The van der Waals surface area contributed by atoms with Gasteiger partial charge < -0.3 is 9.64 Å². The standard InChI is InChI=1S/C19H23BrN2O2/c1-17(2,3)24-16(23)22-10-8-18(9-11-22)12-19(18,13-21)14-4-6-15(20)7-5-14/h4-7H,8-12H2,1-3H3. The van der Waals surface area contributed by atoms with Gasteiger partial charge in [-0.1, -0.05) is 28.1 Å². The minimum Gasteiger partial charge on any atom is -0.444 e. The van der Waals surface area contributed by atoms with Gasteiger partial charge in [-0.05, 0) is 63.1 Å². The fraction of sp³-hybridized carbons (Fsp3) is 0.579. The van der Waals surface area contributed by atoms with Crippen LogP contribution in [-0.2, 0) is 10.2 Å². The smallest absolute Gasteiger partial charge is 0.410 e. The molecule has 2 aliphatic rings. The van der Waals surface area contributed by atoms with E-state index in [9.17, 15) is 10.1 Å². The van der Waals surface area contributed by atoms with Gasteiger partial charge in [-0.2, -0.15) is 5.26 Å². The average molecular weight is 391 g/mol. The summed E-state index contributed by atoms with van der Waals surface area (Å²) < 4.78 is 6.48. The van der Waals surface area contributed by atoms with Crippen LogP contribution in [0.15, 0.2) is 28.7 Å². The topological polar surface area (TPSA) is 53.3 Å². The molecule has 1 saturated carbocycles. The van der Waals surface area contributed by atoms with Crippen LogP contribution in [0, 0.1) is 16.7 Å². The first-order chi connectivity index (χ1) is 11.2. The first-order valence-corrected chi connectivity index (χ1v) is 9.16. The Kier molecular flexibility index (Phi) is 4.16. The third kappa shape index (κ3) is 2.93. The third-order valence-corrected chi connectivity index (χ3v) is 5.81. The molecule has 0 bridgehead atoms. The minimum absolute atomic E-state index is 0.00803. The fourth-order valence-electron chi connectivity index (χ4n) is 3.88. The molecule has 1 aliphatic heterocycles. The second kappa shape index (κ2) is 5.77. The summed E-state index contributed by atoms with van der Waals surface area (Å²) in [5.74, 6) is 0. The molecule has 0 N–H and O–H groups in total. The predicted octanol–water partition coefficient (Wildman–Crippen LogP) is 4.63. The van der Waals surface area contributed by atoms with Crippen LogP contribution in [0.2, 0.25) is 0 Å². The first kappa shape index (κ1) is 17.3. The Bertz CT molecular complexity index is 679.